The molecule has 0 saturated carbocycles. The minimum Gasteiger partial charge on any atom is -0.462 e. The number of anilines is 1. The average molecular weight is 330 g/mol. The summed E-state index contributed by atoms with van der Waals surface area (Å²) < 4.78 is 5.57. The summed E-state index contributed by atoms with van der Waals surface area (Å²) in [5, 5.41) is 1.20. The molecule has 0 atom stereocenters. The molecule has 2 aromatic rings. The highest BCUT2D eigenvalue weighted by atomic mass is 79.9. The second kappa shape index (κ2) is 5.12. The summed E-state index contributed by atoms with van der Waals surface area (Å²) in [5.74, 6) is -0.476. The van der Waals surface area contributed by atoms with E-state index in [0.717, 1.165) is 0 Å². The zero-order valence-corrected chi connectivity index (χ0v) is 11.9. The number of fused-ring (bicyclic) bond motifs is 1. The lowest BCUT2D eigenvalue weighted by molar-refractivity contribution is 0.0527. The van der Waals surface area contributed by atoms with Gasteiger partial charge in [-0.2, -0.15) is 0 Å². The fourth-order valence-corrected chi connectivity index (χ4v) is 2.20. The molecule has 2 rings (SSSR count). The quantitative estimate of drug-likeness (QED) is 0.858. The number of benzene rings is 1. The zero-order valence-electron chi connectivity index (χ0n) is 9.54. The predicted molar refractivity (Wildman–Crippen MR) is 74.8 cm³/mol. The summed E-state index contributed by atoms with van der Waals surface area (Å²) in [4.78, 5) is 15.9. The normalized spacial score (nSPS) is 10.6. The minimum absolute atomic E-state index is 0.263. The average Bonchev–Trinajstić information content (AvgIpc) is 2.34. The molecule has 1 heterocycles. The molecule has 0 amide bonds. The fraction of sp³-hybridized carbons (Fsp3) is 0.167. The number of hydrogen-bond donors (Lipinski definition) is 1. The highest BCUT2D eigenvalue weighted by molar-refractivity contribution is 9.10. The van der Waals surface area contributed by atoms with Gasteiger partial charge < -0.3 is 10.5 Å². The van der Waals surface area contributed by atoms with Crippen molar-refractivity contribution in [1.29, 1.82) is 0 Å². The number of nitrogen functional groups attached to an aromatic ring is 1. The lowest BCUT2D eigenvalue weighted by Gasteiger charge is -2.09. The van der Waals surface area contributed by atoms with Crippen molar-refractivity contribution in [3.05, 3.63) is 33.4 Å². The van der Waals surface area contributed by atoms with Crippen LogP contribution in [0.1, 0.15) is 17.3 Å². The largest absolute Gasteiger partial charge is 0.462 e. The fourth-order valence-electron chi connectivity index (χ4n) is 1.60. The van der Waals surface area contributed by atoms with E-state index in [0.29, 0.717) is 32.7 Å². The molecule has 2 N–H and O–H groups in total. The third-order valence-corrected chi connectivity index (χ3v) is 3.81. The van der Waals surface area contributed by atoms with Crippen LogP contribution in [0.2, 0.25) is 5.02 Å². The Morgan fingerprint density at radius 1 is 1.56 bits per heavy atom. The topological polar surface area (TPSA) is 65.2 Å². The van der Waals surface area contributed by atoms with E-state index in [1.807, 2.05) is 0 Å². The van der Waals surface area contributed by atoms with E-state index in [1.165, 1.54) is 6.20 Å². The molecule has 0 aliphatic carbocycles. The summed E-state index contributed by atoms with van der Waals surface area (Å²) in [7, 11) is 0. The van der Waals surface area contributed by atoms with Crippen molar-refractivity contribution in [2.24, 2.45) is 0 Å². The number of ether oxygens (including phenoxy) is 1. The molecule has 1 aromatic heterocycles. The maximum atomic E-state index is 11.7. The van der Waals surface area contributed by atoms with Gasteiger partial charge in [-0.05, 0) is 35.0 Å². The molecule has 1 aromatic carbocycles. The Hall–Kier alpha value is -1.33. The van der Waals surface area contributed by atoms with Crippen molar-refractivity contribution in [2.75, 3.05) is 12.3 Å². The maximum Gasteiger partial charge on any atom is 0.341 e. The first-order chi connectivity index (χ1) is 8.56. The van der Waals surface area contributed by atoms with Gasteiger partial charge in [0.2, 0.25) is 0 Å². The van der Waals surface area contributed by atoms with Crippen LogP contribution in [0, 0.1) is 0 Å². The first-order valence-corrected chi connectivity index (χ1v) is 6.42. The van der Waals surface area contributed by atoms with Gasteiger partial charge in [0, 0.05) is 11.6 Å². The molecule has 0 aliphatic rings. The first-order valence-electron chi connectivity index (χ1n) is 5.25. The zero-order chi connectivity index (χ0) is 13.3. The Labute approximate surface area is 117 Å². The lowest BCUT2D eigenvalue weighted by Crippen LogP contribution is -2.09. The second-order valence-electron chi connectivity index (χ2n) is 3.56. The molecule has 0 spiro atoms. The maximum absolute atomic E-state index is 11.7. The third kappa shape index (κ3) is 2.15. The van der Waals surface area contributed by atoms with Crippen molar-refractivity contribution < 1.29 is 9.53 Å². The van der Waals surface area contributed by atoms with Crippen molar-refractivity contribution in [2.45, 2.75) is 6.92 Å². The van der Waals surface area contributed by atoms with Crippen LogP contribution in [0.15, 0.2) is 22.8 Å². The molecule has 0 radical (unpaired) electrons. The predicted octanol–water partition coefficient (Wildman–Crippen LogP) is 3.41. The van der Waals surface area contributed by atoms with E-state index in [2.05, 4.69) is 20.9 Å². The highest BCUT2D eigenvalue weighted by Gasteiger charge is 2.16. The van der Waals surface area contributed by atoms with Crippen molar-refractivity contribution in [3.63, 3.8) is 0 Å². The second-order valence-corrected chi connectivity index (χ2v) is 4.76. The van der Waals surface area contributed by atoms with Gasteiger partial charge in [-0.25, -0.2) is 4.79 Å². The number of aromatic nitrogens is 1. The Morgan fingerprint density at radius 2 is 2.28 bits per heavy atom. The summed E-state index contributed by atoms with van der Waals surface area (Å²) >= 11 is 9.31. The van der Waals surface area contributed by atoms with E-state index in [9.17, 15) is 4.79 Å². The Kier molecular flexibility index (Phi) is 3.73. The number of halogens is 2. The molecule has 0 unspecified atom stereocenters. The Morgan fingerprint density at radius 3 is 2.94 bits per heavy atom. The Bertz CT molecular complexity index is 631. The molecule has 0 bridgehead atoms. The number of hydrogen-bond acceptors (Lipinski definition) is 4. The van der Waals surface area contributed by atoms with Gasteiger partial charge in [0.1, 0.15) is 5.56 Å². The molecule has 0 aliphatic heterocycles. The molecule has 94 valence electrons. The van der Waals surface area contributed by atoms with Crippen LogP contribution in [-0.2, 0) is 4.74 Å². The van der Waals surface area contributed by atoms with Crippen molar-refractivity contribution in [3.8, 4) is 0 Å². The third-order valence-electron chi connectivity index (χ3n) is 2.47. The van der Waals surface area contributed by atoms with Gasteiger partial charge in [0.05, 0.1) is 27.3 Å². The van der Waals surface area contributed by atoms with E-state index in [-0.39, 0.29) is 5.56 Å². The van der Waals surface area contributed by atoms with Crippen LogP contribution in [0.5, 0.6) is 0 Å². The number of esters is 1. The summed E-state index contributed by atoms with van der Waals surface area (Å²) in [6, 6.07) is 3.43. The molecule has 0 fully saturated rings. The van der Waals surface area contributed by atoms with E-state index < -0.39 is 5.97 Å². The number of nitrogens with zero attached hydrogens (tertiary/aromatic N) is 1. The van der Waals surface area contributed by atoms with Crippen LogP contribution in [-0.4, -0.2) is 17.6 Å². The monoisotopic (exact) mass is 328 g/mol. The molecule has 18 heavy (non-hydrogen) atoms. The van der Waals surface area contributed by atoms with Crippen LogP contribution in [0.4, 0.5) is 5.69 Å². The molecule has 0 saturated heterocycles. The van der Waals surface area contributed by atoms with Crippen molar-refractivity contribution >= 4 is 50.1 Å². The first kappa shape index (κ1) is 13.1. The van der Waals surface area contributed by atoms with Gasteiger partial charge in [-0.15, -0.1) is 0 Å². The molecular weight excluding hydrogens is 320 g/mol. The number of carbonyl (C=O) groups excluding carboxylic acids is 1. The van der Waals surface area contributed by atoms with Gasteiger partial charge in [0.15, 0.2) is 0 Å². The van der Waals surface area contributed by atoms with Crippen LogP contribution in [0.25, 0.3) is 10.9 Å². The summed E-state index contributed by atoms with van der Waals surface area (Å²) in [6.07, 6.45) is 1.40. The smallest absolute Gasteiger partial charge is 0.341 e. The number of carbonyl (C=O) groups is 1. The number of pyridine rings is 1. The van der Waals surface area contributed by atoms with Crippen LogP contribution >= 0.6 is 27.5 Å². The number of rotatable bonds is 2. The van der Waals surface area contributed by atoms with E-state index in [1.54, 1.807) is 19.1 Å². The van der Waals surface area contributed by atoms with Crippen molar-refractivity contribution in [1.82, 2.24) is 4.98 Å². The molecule has 4 nitrogen and oxygen atoms in total. The van der Waals surface area contributed by atoms with Crippen LogP contribution < -0.4 is 5.73 Å². The summed E-state index contributed by atoms with van der Waals surface area (Å²) in [5.41, 5.74) is 7.19. The standard InChI is InChI=1S/C12H10BrClN2O2/c1-2-18-12(17)7-5-16-11-6(10(7)15)3-4-8(14)9(11)13/h3-5H,2H2,1H3,(H2,15,16). The van der Waals surface area contributed by atoms with Gasteiger partial charge in [0.25, 0.3) is 0 Å². The van der Waals surface area contributed by atoms with E-state index >= 15 is 0 Å². The minimum atomic E-state index is -0.476. The van der Waals surface area contributed by atoms with Gasteiger partial charge in [-0.1, -0.05) is 11.6 Å². The Balaban J connectivity index is 2.65. The SMILES string of the molecule is CCOC(=O)c1cnc2c(Br)c(Cl)ccc2c1N. The van der Waals surface area contributed by atoms with Gasteiger partial charge in [-0.3, -0.25) is 4.98 Å². The van der Waals surface area contributed by atoms with E-state index in [4.69, 9.17) is 22.1 Å². The lowest BCUT2D eigenvalue weighted by atomic mass is 10.1. The highest BCUT2D eigenvalue weighted by Crippen LogP contribution is 2.33. The summed E-state index contributed by atoms with van der Waals surface area (Å²) in [6.45, 7) is 2.03. The van der Waals surface area contributed by atoms with Gasteiger partial charge >= 0.3 is 5.97 Å². The molecular formula is C12H10BrClN2O2. The van der Waals surface area contributed by atoms with Crippen LogP contribution in [0.3, 0.4) is 0 Å². The number of nitrogens with two attached hydrogens (primary N) is 1. The molecule has 6 heteroatoms.